The van der Waals surface area contributed by atoms with E-state index in [0.717, 1.165) is 25.1 Å². The van der Waals surface area contributed by atoms with Gasteiger partial charge in [0.2, 0.25) is 0 Å². The smallest absolute Gasteiger partial charge is 0.0459 e. The molecule has 0 unspecified atom stereocenters. The number of hydrogen-bond acceptors (Lipinski definition) is 3. The van der Waals surface area contributed by atoms with E-state index in [2.05, 4.69) is 42.7 Å². The van der Waals surface area contributed by atoms with Crippen molar-refractivity contribution in [1.82, 2.24) is 5.32 Å². The van der Waals surface area contributed by atoms with Crippen molar-refractivity contribution in [3.63, 3.8) is 0 Å². The van der Waals surface area contributed by atoms with Crippen LogP contribution in [0.4, 0.5) is 5.69 Å². The summed E-state index contributed by atoms with van der Waals surface area (Å²) in [7, 11) is 0. The summed E-state index contributed by atoms with van der Waals surface area (Å²) in [6, 6.07) is 10.7. The van der Waals surface area contributed by atoms with E-state index in [9.17, 15) is 0 Å². The second-order valence-electron chi connectivity index (χ2n) is 4.88. The number of anilines is 1. The fourth-order valence-corrected chi connectivity index (χ4v) is 3.26. The highest BCUT2D eigenvalue weighted by molar-refractivity contribution is 7.10. The standard InChI is InChI=1S/C16H22N2S/c1-3-9-18-15(16-12(2)8-10-19-16)11-13-6-4-5-7-14(13)17/h4-8,10,15,18H,3,9,11,17H2,1-2H3/t15-/m1/s1. The maximum absolute atomic E-state index is 6.06. The lowest BCUT2D eigenvalue weighted by atomic mass is 10.0. The Morgan fingerprint density at radius 2 is 2.05 bits per heavy atom. The van der Waals surface area contributed by atoms with Gasteiger partial charge in [0, 0.05) is 16.6 Å². The van der Waals surface area contributed by atoms with Crippen molar-refractivity contribution in [2.45, 2.75) is 32.7 Å². The lowest BCUT2D eigenvalue weighted by Gasteiger charge is -2.19. The zero-order valence-electron chi connectivity index (χ0n) is 11.6. The minimum Gasteiger partial charge on any atom is -0.399 e. The van der Waals surface area contributed by atoms with Crippen molar-refractivity contribution < 1.29 is 0 Å². The van der Waals surface area contributed by atoms with Gasteiger partial charge in [0.15, 0.2) is 0 Å². The van der Waals surface area contributed by atoms with E-state index in [1.54, 1.807) is 0 Å². The van der Waals surface area contributed by atoms with E-state index < -0.39 is 0 Å². The monoisotopic (exact) mass is 274 g/mol. The molecular weight excluding hydrogens is 252 g/mol. The van der Waals surface area contributed by atoms with Crippen molar-refractivity contribution in [1.29, 1.82) is 0 Å². The topological polar surface area (TPSA) is 38.0 Å². The van der Waals surface area contributed by atoms with Crippen LogP contribution in [0.25, 0.3) is 0 Å². The fraction of sp³-hybridized carbons (Fsp3) is 0.375. The van der Waals surface area contributed by atoms with Gasteiger partial charge >= 0.3 is 0 Å². The molecule has 1 aromatic heterocycles. The van der Waals surface area contributed by atoms with Gasteiger partial charge in [-0.25, -0.2) is 0 Å². The minimum absolute atomic E-state index is 0.365. The van der Waals surface area contributed by atoms with Crippen LogP contribution in [0.1, 0.15) is 35.4 Å². The van der Waals surface area contributed by atoms with Gasteiger partial charge in [-0.1, -0.05) is 25.1 Å². The number of nitrogens with one attached hydrogen (secondary N) is 1. The Bertz CT molecular complexity index is 519. The zero-order chi connectivity index (χ0) is 13.7. The summed E-state index contributed by atoms with van der Waals surface area (Å²) in [5.74, 6) is 0. The molecule has 3 heteroatoms. The van der Waals surface area contributed by atoms with Gasteiger partial charge in [0.25, 0.3) is 0 Å². The van der Waals surface area contributed by atoms with Crippen LogP contribution in [0, 0.1) is 6.92 Å². The SMILES string of the molecule is CCCN[C@H](Cc1ccccc1N)c1sccc1C. The molecule has 3 N–H and O–H groups in total. The number of nitrogen functional groups attached to an aromatic ring is 1. The fourth-order valence-electron chi connectivity index (χ4n) is 2.26. The summed E-state index contributed by atoms with van der Waals surface area (Å²) in [4.78, 5) is 1.43. The Morgan fingerprint density at radius 3 is 2.68 bits per heavy atom. The lowest BCUT2D eigenvalue weighted by molar-refractivity contribution is 0.535. The molecule has 0 spiro atoms. The summed E-state index contributed by atoms with van der Waals surface area (Å²) in [5.41, 5.74) is 9.55. The van der Waals surface area contributed by atoms with E-state index in [-0.39, 0.29) is 0 Å². The zero-order valence-corrected chi connectivity index (χ0v) is 12.5. The van der Waals surface area contributed by atoms with Crippen LogP contribution in [-0.4, -0.2) is 6.54 Å². The third-order valence-electron chi connectivity index (χ3n) is 3.34. The van der Waals surface area contributed by atoms with Crippen LogP contribution in [0.2, 0.25) is 0 Å². The lowest BCUT2D eigenvalue weighted by Crippen LogP contribution is -2.24. The quantitative estimate of drug-likeness (QED) is 0.783. The molecular formula is C16H22N2S. The molecule has 2 rings (SSSR count). The van der Waals surface area contributed by atoms with Crippen molar-refractivity contribution in [3.05, 3.63) is 51.7 Å². The van der Waals surface area contributed by atoms with Gasteiger partial charge < -0.3 is 11.1 Å². The Labute approximate surface area is 119 Å². The Kier molecular flexibility index (Phi) is 5.00. The largest absolute Gasteiger partial charge is 0.399 e. The highest BCUT2D eigenvalue weighted by Crippen LogP contribution is 2.28. The number of benzene rings is 1. The maximum atomic E-state index is 6.06. The Balaban J connectivity index is 2.19. The van der Waals surface area contributed by atoms with Crippen LogP contribution in [0.5, 0.6) is 0 Å². The maximum Gasteiger partial charge on any atom is 0.0459 e. The van der Waals surface area contributed by atoms with Crippen molar-refractivity contribution >= 4 is 17.0 Å². The molecule has 0 saturated heterocycles. The highest BCUT2D eigenvalue weighted by atomic mass is 32.1. The first kappa shape index (κ1) is 14.1. The number of aryl methyl sites for hydroxylation is 1. The molecule has 1 atom stereocenters. The van der Waals surface area contributed by atoms with E-state index in [1.165, 1.54) is 16.0 Å². The van der Waals surface area contributed by atoms with Gasteiger partial charge in [-0.2, -0.15) is 0 Å². The number of thiophene rings is 1. The van der Waals surface area contributed by atoms with Gasteiger partial charge in [0.1, 0.15) is 0 Å². The van der Waals surface area contributed by atoms with E-state index in [0.29, 0.717) is 6.04 Å². The number of nitrogens with two attached hydrogens (primary N) is 1. The Morgan fingerprint density at radius 1 is 1.26 bits per heavy atom. The predicted molar refractivity (Wildman–Crippen MR) is 84.6 cm³/mol. The number of rotatable bonds is 6. The van der Waals surface area contributed by atoms with E-state index >= 15 is 0 Å². The van der Waals surface area contributed by atoms with Gasteiger partial charge in [-0.15, -0.1) is 11.3 Å². The molecule has 102 valence electrons. The molecule has 0 aliphatic rings. The minimum atomic E-state index is 0.365. The average molecular weight is 274 g/mol. The normalized spacial score (nSPS) is 12.5. The highest BCUT2D eigenvalue weighted by Gasteiger charge is 2.16. The first-order valence-corrected chi connectivity index (χ1v) is 7.71. The van der Waals surface area contributed by atoms with Crippen LogP contribution in [0.3, 0.4) is 0 Å². The molecule has 0 bridgehead atoms. The van der Waals surface area contributed by atoms with Crippen LogP contribution < -0.4 is 11.1 Å². The van der Waals surface area contributed by atoms with Crippen LogP contribution >= 0.6 is 11.3 Å². The Hall–Kier alpha value is -1.32. The van der Waals surface area contributed by atoms with Gasteiger partial charge in [-0.3, -0.25) is 0 Å². The second kappa shape index (κ2) is 6.73. The number of para-hydroxylation sites is 1. The molecule has 0 amide bonds. The molecule has 0 radical (unpaired) electrons. The predicted octanol–water partition coefficient (Wildman–Crippen LogP) is 3.92. The van der Waals surface area contributed by atoms with Gasteiger partial charge in [-0.05, 0) is 54.9 Å². The van der Waals surface area contributed by atoms with Crippen LogP contribution in [0.15, 0.2) is 35.7 Å². The molecule has 2 nitrogen and oxygen atoms in total. The molecule has 19 heavy (non-hydrogen) atoms. The summed E-state index contributed by atoms with van der Waals surface area (Å²) >= 11 is 1.83. The molecule has 1 aromatic carbocycles. The van der Waals surface area contributed by atoms with Gasteiger partial charge in [0.05, 0.1) is 0 Å². The average Bonchev–Trinajstić information content (AvgIpc) is 2.83. The van der Waals surface area contributed by atoms with Crippen molar-refractivity contribution in [3.8, 4) is 0 Å². The number of hydrogen-bond donors (Lipinski definition) is 2. The molecule has 0 fully saturated rings. The summed E-state index contributed by atoms with van der Waals surface area (Å²) < 4.78 is 0. The molecule has 1 heterocycles. The molecule has 0 aliphatic heterocycles. The molecule has 0 aliphatic carbocycles. The molecule has 2 aromatic rings. The first-order valence-electron chi connectivity index (χ1n) is 6.83. The van der Waals surface area contributed by atoms with E-state index in [1.807, 2.05) is 23.5 Å². The first-order chi connectivity index (χ1) is 9.22. The third-order valence-corrected chi connectivity index (χ3v) is 4.47. The third kappa shape index (κ3) is 3.58. The summed E-state index contributed by atoms with van der Waals surface area (Å²) in [5, 5.41) is 5.81. The van der Waals surface area contributed by atoms with Crippen LogP contribution in [-0.2, 0) is 6.42 Å². The van der Waals surface area contributed by atoms with E-state index in [4.69, 9.17) is 5.73 Å². The van der Waals surface area contributed by atoms with Crippen molar-refractivity contribution in [2.24, 2.45) is 0 Å². The summed E-state index contributed by atoms with van der Waals surface area (Å²) in [6.45, 7) is 5.41. The molecule has 0 saturated carbocycles. The summed E-state index contributed by atoms with van der Waals surface area (Å²) in [6.07, 6.45) is 2.10. The second-order valence-corrected chi connectivity index (χ2v) is 5.83. The van der Waals surface area contributed by atoms with Crippen molar-refractivity contribution in [2.75, 3.05) is 12.3 Å².